The van der Waals surface area contributed by atoms with E-state index >= 15 is 0 Å². The number of ether oxygens (including phenoxy) is 1. The molecular formula is C13H10N6O2. The van der Waals surface area contributed by atoms with E-state index in [-0.39, 0.29) is 5.75 Å². The first-order valence-electron chi connectivity index (χ1n) is 6.02. The Bertz CT molecular complexity index is 712. The lowest BCUT2D eigenvalue weighted by molar-refractivity contribution is 0.211. The first kappa shape index (κ1) is 12.7. The second-order valence-electron chi connectivity index (χ2n) is 3.98. The van der Waals surface area contributed by atoms with Gasteiger partial charge in [-0.15, -0.1) is 10.2 Å². The van der Waals surface area contributed by atoms with E-state index in [9.17, 15) is 4.79 Å². The lowest BCUT2D eigenvalue weighted by Gasteiger charge is -2.06. The van der Waals surface area contributed by atoms with Crippen LogP contribution in [0, 0.1) is 0 Å². The molecule has 0 bridgehead atoms. The predicted molar refractivity (Wildman–Crippen MR) is 72.9 cm³/mol. The van der Waals surface area contributed by atoms with Crippen molar-refractivity contribution >= 4 is 6.09 Å². The number of hydrogen-bond donors (Lipinski definition) is 1. The Balaban J connectivity index is 1.66. The lowest BCUT2D eigenvalue weighted by Crippen LogP contribution is -2.24. The smallest absolute Gasteiger partial charge is 0.406 e. The Kier molecular flexibility index (Phi) is 3.50. The third-order valence-electron chi connectivity index (χ3n) is 2.51. The van der Waals surface area contributed by atoms with E-state index in [4.69, 9.17) is 4.74 Å². The van der Waals surface area contributed by atoms with Gasteiger partial charge < -0.3 is 4.74 Å². The van der Waals surface area contributed by atoms with Gasteiger partial charge in [0.2, 0.25) is 0 Å². The highest BCUT2D eigenvalue weighted by Gasteiger charge is 2.06. The van der Waals surface area contributed by atoms with E-state index in [0.717, 1.165) is 5.56 Å². The van der Waals surface area contributed by atoms with Crippen molar-refractivity contribution in [1.29, 1.82) is 0 Å². The zero-order valence-corrected chi connectivity index (χ0v) is 10.7. The van der Waals surface area contributed by atoms with Gasteiger partial charge in [-0.2, -0.15) is 0 Å². The van der Waals surface area contributed by atoms with Crippen LogP contribution in [0.25, 0.3) is 11.4 Å². The minimum absolute atomic E-state index is 0.236. The average molecular weight is 282 g/mol. The molecule has 0 aliphatic rings. The van der Waals surface area contributed by atoms with Crippen molar-refractivity contribution in [2.45, 2.75) is 0 Å². The van der Waals surface area contributed by atoms with Crippen molar-refractivity contribution in [1.82, 2.24) is 24.8 Å². The van der Waals surface area contributed by atoms with Crippen molar-refractivity contribution in [3.8, 4) is 17.1 Å². The number of hydrogen-bond acceptors (Lipinski definition) is 6. The highest BCUT2D eigenvalue weighted by atomic mass is 16.6. The summed E-state index contributed by atoms with van der Waals surface area (Å²) in [7, 11) is 0. The van der Waals surface area contributed by atoms with Gasteiger partial charge in [0.05, 0.1) is 12.4 Å². The Labute approximate surface area is 119 Å². The van der Waals surface area contributed by atoms with Crippen LogP contribution in [0.5, 0.6) is 5.75 Å². The van der Waals surface area contributed by atoms with E-state index in [2.05, 4.69) is 25.6 Å². The Hall–Kier alpha value is -3.29. The standard InChI is InChI=1S/C13H10N6O2/c20-13(18-19-8-16-17-9-19)21-11-6-14-12(15-7-11)10-4-2-1-3-5-10/h1-9H,(H,18,20). The van der Waals surface area contributed by atoms with Crippen molar-refractivity contribution in [2.75, 3.05) is 5.43 Å². The van der Waals surface area contributed by atoms with Crippen molar-refractivity contribution in [3.05, 3.63) is 55.4 Å². The summed E-state index contributed by atoms with van der Waals surface area (Å²) in [5, 5.41) is 7.09. The van der Waals surface area contributed by atoms with E-state index in [0.29, 0.717) is 5.82 Å². The maximum Gasteiger partial charge on any atom is 0.432 e. The van der Waals surface area contributed by atoms with Crippen molar-refractivity contribution < 1.29 is 9.53 Å². The molecule has 3 rings (SSSR count). The van der Waals surface area contributed by atoms with Crippen molar-refractivity contribution in [2.24, 2.45) is 0 Å². The Morgan fingerprint density at radius 1 is 1.05 bits per heavy atom. The molecule has 0 fully saturated rings. The SMILES string of the molecule is O=C(Nn1cnnc1)Oc1cnc(-c2ccccc2)nc1. The Morgan fingerprint density at radius 3 is 2.38 bits per heavy atom. The molecule has 0 spiro atoms. The fourth-order valence-corrected chi connectivity index (χ4v) is 1.60. The number of benzene rings is 1. The summed E-state index contributed by atoms with van der Waals surface area (Å²) in [6, 6.07) is 9.50. The third kappa shape index (κ3) is 3.18. The number of nitrogens with zero attached hydrogens (tertiary/aromatic N) is 5. The van der Waals surface area contributed by atoms with Crippen LogP contribution >= 0.6 is 0 Å². The first-order chi connectivity index (χ1) is 10.3. The Morgan fingerprint density at radius 2 is 1.71 bits per heavy atom. The first-order valence-corrected chi connectivity index (χ1v) is 6.02. The summed E-state index contributed by atoms with van der Waals surface area (Å²) in [5.41, 5.74) is 3.28. The highest BCUT2D eigenvalue weighted by Crippen LogP contribution is 2.15. The number of rotatable bonds is 3. The van der Waals surface area contributed by atoms with Crippen LogP contribution in [0.2, 0.25) is 0 Å². The van der Waals surface area contributed by atoms with Crippen LogP contribution in [0.1, 0.15) is 0 Å². The zero-order valence-electron chi connectivity index (χ0n) is 10.7. The largest absolute Gasteiger partial charge is 0.432 e. The molecule has 8 nitrogen and oxygen atoms in total. The molecule has 2 heterocycles. The van der Waals surface area contributed by atoms with Gasteiger partial charge in [-0.3, -0.25) is 0 Å². The number of amides is 1. The molecule has 0 aliphatic carbocycles. The van der Waals surface area contributed by atoms with Gasteiger partial charge in [0, 0.05) is 5.56 Å². The number of carbonyl (C=O) groups excluding carboxylic acids is 1. The molecule has 1 amide bonds. The van der Waals surface area contributed by atoms with Crippen LogP contribution < -0.4 is 10.2 Å². The molecule has 8 heteroatoms. The molecule has 0 unspecified atom stereocenters. The van der Waals surface area contributed by atoms with Crippen LogP contribution in [0.3, 0.4) is 0 Å². The van der Waals surface area contributed by atoms with Crippen LogP contribution in [-0.2, 0) is 0 Å². The molecule has 1 N–H and O–H groups in total. The molecule has 0 radical (unpaired) electrons. The van der Waals surface area contributed by atoms with E-state index in [1.165, 1.54) is 29.7 Å². The monoisotopic (exact) mass is 282 g/mol. The molecule has 1 aromatic carbocycles. The highest BCUT2D eigenvalue weighted by molar-refractivity contribution is 5.78. The normalized spacial score (nSPS) is 10.1. The summed E-state index contributed by atoms with van der Waals surface area (Å²) >= 11 is 0. The lowest BCUT2D eigenvalue weighted by atomic mass is 10.2. The zero-order chi connectivity index (χ0) is 14.5. The topological polar surface area (TPSA) is 94.8 Å². The molecule has 2 aromatic heterocycles. The van der Waals surface area contributed by atoms with Crippen LogP contribution in [0.4, 0.5) is 4.79 Å². The van der Waals surface area contributed by atoms with Gasteiger partial charge in [-0.05, 0) is 0 Å². The van der Waals surface area contributed by atoms with Gasteiger partial charge in [0.25, 0.3) is 0 Å². The summed E-state index contributed by atoms with van der Waals surface area (Å²) < 4.78 is 6.29. The second kappa shape index (κ2) is 5.78. The molecular weight excluding hydrogens is 272 g/mol. The summed E-state index contributed by atoms with van der Waals surface area (Å²) in [6.07, 6.45) is 4.83. The molecule has 0 aliphatic heterocycles. The molecule has 3 aromatic rings. The summed E-state index contributed by atoms with van der Waals surface area (Å²) in [4.78, 5) is 19.9. The average Bonchev–Trinajstić information content (AvgIpc) is 3.02. The number of nitrogens with one attached hydrogen (secondary N) is 1. The van der Waals surface area contributed by atoms with Crippen LogP contribution in [-0.4, -0.2) is 30.9 Å². The minimum Gasteiger partial charge on any atom is -0.406 e. The van der Waals surface area contributed by atoms with E-state index in [1.807, 2.05) is 30.3 Å². The van der Waals surface area contributed by atoms with E-state index in [1.54, 1.807) is 0 Å². The number of aromatic nitrogens is 5. The minimum atomic E-state index is -0.689. The quantitative estimate of drug-likeness (QED) is 0.781. The van der Waals surface area contributed by atoms with Gasteiger partial charge in [0.1, 0.15) is 12.7 Å². The maximum atomic E-state index is 11.6. The summed E-state index contributed by atoms with van der Waals surface area (Å²) in [5.74, 6) is 0.794. The predicted octanol–water partition coefficient (Wildman–Crippen LogP) is 1.48. The second-order valence-corrected chi connectivity index (χ2v) is 3.98. The number of carbonyl (C=O) groups is 1. The third-order valence-corrected chi connectivity index (χ3v) is 2.51. The molecule has 0 saturated carbocycles. The van der Waals surface area contributed by atoms with Gasteiger partial charge >= 0.3 is 6.09 Å². The van der Waals surface area contributed by atoms with E-state index < -0.39 is 6.09 Å². The molecule has 0 saturated heterocycles. The van der Waals surface area contributed by atoms with Gasteiger partial charge in [-0.1, -0.05) is 30.3 Å². The maximum absolute atomic E-state index is 11.6. The molecule has 21 heavy (non-hydrogen) atoms. The van der Waals surface area contributed by atoms with Gasteiger partial charge in [0.15, 0.2) is 11.6 Å². The van der Waals surface area contributed by atoms with Crippen molar-refractivity contribution in [3.63, 3.8) is 0 Å². The fraction of sp³-hybridized carbons (Fsp3) is 0. The molecule has 0 atom stereocenters. The molecule has 104 valence electrons. The van der Waals surface area contributed by atoms with Gasteiger partial charge in [-0.25, -0.2) is 24.9 Å². The van der Waals surface area contributed by atoms with Crippen LogP contribution in [0.15, 0.2) is 55.4 Å². The summed E-state index contributed by atoms with van der Waals surface area (Å²) in [6.45, 7) is 0. The fourth-order valence-electron chi connectivity index (χ4n) is 1.60.